The van der Waals surface area contributed by atoms with Crippen molar-refractivity contribution in [1.82, 2.24) is 0 Å². The average molecular weight is 266 g/mol. The topological polar surface area (TPSA) is 36.3 Å². The smallest absolute Gasteiger partial charge is 0.0998 e. The summed E-state index contributed by atoms with van der Waals surface area (Å²) in [5.41, 5.74) is 1.89. The Morgan fingerprint density at radius 3 is 2.60 bits per heavy atom. The molecule has 20 heavy (non-hydrogen) atoms. The Kier molecular flexibility index (Phi) is 3.11. The van der Waals surface area contributed by atoms with Crippen molar-refractivity contribution in [2.45, 2.75) is 19.4 Å². The zero-order chi connectivity index (χ0) is 14.2. The van der Waals surface area contributed by atoms with Gasteiger partial charge in [0.2, 0.25) is 0 Å². The third-order valence-corrected chi connectivity index (χ3v) is 3.96. The standard InChI is InChI=1S/C17H18N2O/c1-17(2)12-20-10-9-19(17)16-8-7-13(11-18)14-5-3-4-6-15(14)16/h3-8H,9-10,12H2,1-2H3. The Bertz CT molecular complexity index is 685. The summed E-state index contributed by atoms with van der Waals surface area (Å²) in [6, 6.07) is 14.4. The van der Waals surface area contributed by atoms with Crippen LogP contribution >= 0.6 is 0 Å². The van der Waals surface area contributed by atoms with Crippen LogP contribution < -0.4 is 4.90 Å². The third-order valence-electron chi connectivity index (χ3n) is 3.96. The number of ether oxygens (including phenoxy) is 1. The van der Waals surface area contributed by atoms with Crippen LogP contribution in [0.3, 0.4) is 0 Å². The number of nitriles is 1. The van der Waals surface area contributed by atoms with E-state index in [0.717, 1.165) is 36.1 Å². The summed E-state index contributed by atoms with van der Waals surface area (Å²) in [6.07, 6.45) is 0. The van der Waals surface area contributed by atoms with Crippen LogP contribution in [0.15, 0.2) is 36.4 Å². The van der Waals surface area contributed by atoms with Gasteiger partial charge in [-0.25, -0.2) is 0 Å². The van der Waals surface area contributed by atoms with E-state index in [0.29, 0.717) is 0 Å². The number of morpholine rings is 1. The van der Waals surface area contributed by atoms with E-state index in [-0.39, 0.29) is 5.54 Å². The Hall–Kier alpha value is -2.05. The van der Waals surface area contributed by atoms with Gasteiger partial charge in [-0.2, -0.15) is 5.26 Å². The van der Waals surface area contributed by atoms with Gasteiger partial charge >= 0.3 is 0 Å². The van der Waals surface area contributed by atoms with E-state index in [1.54, 1.807) is 0 Å². The lowest BCUT2D eigenvalue weighted by molar-refractivity contribution is 0.0646. The van der Waals surface area contributed by atoms with E-state index in [2.05, 4.69) is 36.9 Å². The lowest BCUT2D eigenvalue weighted by Crippen LogP contribution is -2.53. The molecule has 0 unspecified atom stereocenters. The fraction of sp³-hybridized carbons (Fsp3) is 0.353. The SMILES string of the molecule is CC1(C)COCCN1c1ccc(C#N)c2ccccc12. The Balaban J connectivity index is 2.20. The summed E-state index contributed by atoms with van der Waals surface area (Å²) in [5.74, 6) is 0. The van der Waals surface area contributed by atoms with Crippen molar-refractivity contribution in [2.24, 2.45) is 0 Å². The van der Waals surface area contributed by atoms with Crippen LogP contribution in [-0.2, 0) is 4.74 Å². The van der Waals surface area contributed by atoms with Crippen molar-refractivity contribution in [2.75, 3.05) is 24.7 Å². The molecule has 0 amide bonds. The van der Waals surface area contributed by atoms with Crippen molar-refractivity contribution in [1.29, 1.82) is 5.26 Å². The highest BCUT2D eigenvalue weighted by molar-refractivity contribution is 5.98. The Morgan fingerprint density at radius 1 is 1.15 bits per heavy atom. The highest BCUT2D eigenvalue weighted by atomic mass is 16.5. The first kappa shape index (κ1) is 13.0. The summed E-state index contributed by atoms with van der Waals surface area (Å²) >= 11 is 0. The van der Waals surface area contributed by atoms with Gasteiger partial charge in [0.1, 0.15) is 0 Å². The molecule has 0 atom stereocenters. The lowest BCUT2D eigenvalue weighted by Gasteiger charge is -2.44. The first-order chi connectivity index (χ1) is 9.63. The molecule has 1 heterocycles. The zero-order valence-corrected chi connectivity index (χ0v) is 11.9. The maximum atomic E-state index is 9.26. The first-order valence-corrected chi connectivity index (χ1v) is 6.91. The van der Waals surface area contributed by atoms with Gasteiger partial charge in [0.25, 0.3) is 0 Å². The number of anilines is 1. The molecule has 0 aliphatic carbocycles. The highest BCUT2D eigenvalue weighted by Gasteiger charge is 2.31. The maximum absolute atomic E-state index is 9.26. The van der Waals surface area contributed by atoms with Crippen molar-refractivity contribution in [3.8, 4) is 6.07 Å². The van der Waals surface area contributed by atoms with Gasteiger partial charge in [0.05, 0.1) is 30.4 Å². The van der Waals surface area contributed by atoms with E-state index < -0.39 is 0 Å². The molecular formula is C17H18N2O. The predicted molar refractivity (Wildman–Crippen MR) is 80.9 cm³/mol. The second-order valence-corrected chi connectivity index (χ2v) is 5.81. The van der Waals surface area contributed by atoms with Gasteiger partial charge in [-0.3, -0.25) is 0 Å². The molecule has 2 aromatic carbocycles. The van der Waals surface area contributed by atoms with Crippen LogP contribution in [0.1, 0.15) is 19.4 Å². The van der Waals surface area contributed by atoms with Gasteiger partial charge in [0.15, 0.2) is 0 Å². The van der Waals surface area contributed by atoms with Crippen LogP contribution in [0.2, 0.25) is 0 Å². The second-order valence-electron chi connectivity index (χ2n) is 5.81. The van der Waals surface area contributed by atoms with E-state index in [4.69, 9.17) is 4.74 Å². The molecule has 1 fully saturated rings. The molecule has 0 saturated carbocycles. The van der Waals surface area contributed by atoms with E-state index in [9.17, 15) is 5.26 Å². The van der Waals surface area contributed by atoms with Crippen LogP contribution in [0, 0.1) is 11.3 Å². The largest absolute Gasteiger partial charge is 0.377 e. The van der Waals surface area contributed by atoms with Crippen LogP contribution in [0.4, 0.5) is 5.69 Å². The Labute approximate surface area is 119 Å². The quantitative estimate of drug-likeness (QED) is 0.794. The number of nitrogens with zero attached hydrogens (tertiary/aromatic N) is 2. The van der Waals surface area contributed by atoms with E-state index in [1.165, 1.54) is 5.69 Å². The highest BCUT2D eigenvalue weighted by Crippen LogP contribution is 2.34. The minimum Gasteiger partial charge on any atom is -0.377 e. The summed E-state index contributed by atoms with van der Waals surface area (Å²) in [6.45, 7) is 6.74. The molecule has 3 heteroatoms. The third kappa shape index (κ3) is 2.03. The van der Waals surface area contributed by atoms with Gasteiger partial charge in [0, 0.05) is 23.0 Å². The molecule has 1 saturated heterocycles. The summed E-state index contributed by atoms with van der Waals surface area (Å²) in [4.78, 5) is 2.39. The molecule has 3 nitrogen and oxygen atoms in total. The van der Waals surface area contributed by atoms with Gasteiger partial charge < -0.3 is 9.64 Å². The van der Waals surface area contributed by atoms with Crippen molar-refractivity contribution >= 4 is 16.5 Å². The van der Waals surface area contributed by atoms with Crippen LogP contribution in [0.5, 0.6) is 0 Å². The molecule has 0 radical (unpaired) electrons. The minimum absolute atomic E-state index is 0.0326. The molecule has 0 spiro atoms. The molecule has 0 aromatic heterocycles. The lowest BCUT2D eigenvalue weighted by atomic mass is 9.97. The van der Waals surface area contributed by atoms with Gasteiger partial charge in [-0.15, -0.1) is 0 Å². The summed E-state index contributed by atoms with van der Waals surface area (Å²) in [7, 11) is 0. The number of hydrogen-bond donors (Lipinski definition) is 0. The maximum Gasteiger partial charge on any atom is 0.0998 e. The van der Waals surface area contributed by atoms with Crippen molar-refractivity contribution in [3.05, 3.63) is 42.0 Å². The van der Waals surface area contributed by atoms with E-state index >= 15 is 0 Å². The molecule has 0 bridgehead atoms. The molecular weight excluding hydrogens is 248 g/mol. The minimum atomic E-state index is -0.0326. The predicted octanol–water partition coefficient (Wildman–Crippen LogP) is 3.33. The second kappa shape index (κ2) is 4.81. The average Bonchev–Trinajstić information content (AvgIpc) is 2.46. The molecule has 2 aromatic rings. The van der Waals surface area contributed by atoms with Crippen molar-refractivity contribution < 1.29 is 4.74 Å². The number of rotatable bonds is 1. The number of hydrogen-bond acceptors (Lipinski definition) is 3. The zero-order valence-electron chi connectivity index (χ0n) is 11.9. The molecule has 0 N–H and O–H groups in total. The van der Waals surface area contributed by atoms with Gasteiger partial charge in [-0.1, -0.05) is 24.3 Å². The fourth-order valence-electron chi connectivity index (χ4n) is 2.92. The van der Waals surface area contributed by atoms with Crippen LogP contribution in [0.25, 0.3) is 10.8 Å². The van der Waals surface area contributed by atoms with E-state index in [1.807, 2.05) is 24.3 Å². The van der Waals surface area contributed by atoms with Crippen molar-refractivity contribution in [3.63, 3.8) is 0 Å². The number of benzene rings is 2. The summed E-state index contributed by atoms with van der Waals surface area (Å²) < 4.78 is 5.60. The monoisotopic (exact) mass is 266 g/mol. The van der Waals surface area contributed by atoms with Gasteiger partial charge in [-0.05, 0) is 26.0 Å². The molecule has 3 rings (SSSR count). The molecule has 1 aliphatic heterocycles. The summed E-state index contributed by atoms with van der Waals surface area (Å²) in [5, 5.41) is 11.4. The first-order valence-electron chi connectivity index (χ1n) is 6.91. The fourth-order valence-corrected chi connectivity index (χ4v) is 2.92. The number of fused-ring (bicyclic) bond motifs is 1. The van der Waals surface area contributed by atoms with Crippen LogP contribution in [-0.4, -0.2) is 25.3 Å². The molecule has 1 aliphatic rings. The molecule has 102 valence electrons. The Morgan fingerprint density at radius 2 is 1.90 bits per heavy atom. The normalized spacial score (nSPS) is 17.9.